The Kier molecular flexibility index (Phi) is 5.85. The number of nitrogens with two attached hydrogens (primary N) is 1. The maximum Gasteiger partial charge on any atom is 0.237 e. The van der Waals surface area contributed by atoms with Crippen LogP contribution in [0.2, 0.25) is 0 Å². The van der Waals surface area contributed by atoms with Crippen LogP contribution >= 0.6 is 0 Å². The quantitative estimate of drug-likeness (QED) is 0.829. The molecule has 0 aromatic heterocycles. The highest BCUT2D eigenvalue weighted by molar-refractivity contribution is 5.82. The average molecular weight is 282 g/mol. The van der Waals surface area contributed by atoms with Crippen LogP contribution in [-0.2, 0) is 9.53 Å². The molecule has 1 heterocycles. The first-order valence-corrected chi connectivity index (χ1v) is 8.21. The lowest BCUT2D eigenvalue weighted by Gasteiger charge is -2.33. The highest BCUT2D eigenvalue weighted by Gasteiger charge is 2.29. The standard InChI is InChI=1S/C16H30N2O2/c1-11(2)12-3-5-14(6-4-12)18-16(19)15(17)13-7-9-20-10-8-13/h11-15H,3-10,17H2,1-2H3,(H,18,19). The number of hydrogen-bond acceptors (Lipinski definition) is 3. The Morgan fingerprint density at radius 3 is 2.20 bits per heavy atom. The molecule has 1 aliphatic heterocycles. The second-order valence-corrected chi connectivity index (χ2v) is 6.84. The smallest absolute Gasteiger partial charge is 0.237 e. The van der Waals surface area contributed by atoms with Crippen LogP contribution in [0.25, 0.3) is 0 Å². The molecule has 1 saturated carbocycles. The third-order valence-corrected chi connectivity index (χ3v) is 5.14. The fraction of sp³-hybridized carbons (Fsp3) is 0.938. The molecule has 2 rings (SSSR count). The van der Waals surface area contributed by atoms with Crippen molar-refractivity contribution in [2.75, 3.05) is 13.2 Å². The Morgan fingerprint density at radius 1 is 1.05 bits per heavy atom. The molecule has 1 unspecified atom stereocenters. The lowest BCUT2D eigenvalue weighted by atomic mass is 9.79. The minimum Gasteiger partial charge on any atom is -0.381 e. The fourth-order valence-corrected chi connectivity index (χ4v) is 3.52. The molecule has 20 heavy (non-hydrogen) atoms. The van der Waals surface area contributed by atoms with E-state index in [1.807, 2.05) is 0 Å². The number of carbonyl (C=O) groups excluding carboxylic acids is 1. The summed E-state index contributed by atoms with van der Waals surface area (Å²) in [5.74, 6) is 1.92. The van der Waals surface area contributed by atoms with Gasteiger partial charge in [-0.1, -0.05) is 13.8 Å². The molecule has 2 aliphatic rings. The van der Waals surface area contributed by atoms with Crippen LogP contribution in [0.3, 0.4) is 0 Å². The minimum absolute atomic E-state index is 0.0462. The number of hydrogen-bond donors (Lipinski definition) is 2. The van der Waals surface area contributed by atoms with Gasteiger partial charge in [-0.25, -0.2) is 0 Å². The van der Waals surface area contributed by atoms with E-state index in [9.17, 15) is 4.79 Å². The first kappa shape index (κ1) is 15.8. The van der Waals surface area contributed by atoms with Crippen LogP contribution in [0.4, 0.5) is 0 Å². The molecule has 0 aromatic rings. The summed E-state index contributed by atoms with van der Waals surface area (Å²) in [7, 11) is 0. The van der Waals surface area contributed by atoms with Gasteiger partial charge in [-0.3, -0.25) is 4.79 Å². The Labute approximate surface area is 122 Å². The normalized spacial score (nSPS) is 30.2. The van der Waals surface area contributed by atoms with Gasteiger partial charge in [0.05, 0.1) is 6.04 Å². The van der Waals surface area contributed by atoms with E-state index in [2.05, 4.69) is 19.2 Å². The SMILES string of the molecule is CC(C)C1CCC(NC(=O)C(N)C2CCOCC2)CC1. The maximum atomic E-state index is 12.2. The van der Waals surface area contributed by atoms with Crippen molar-refractivity contribution in [3.8, 4) is 0 Å². The first-order valence-electron chi connectivity index (χ1n) is 8.21. The van der Waals surface area contributed by atoms with Crippen LogP contribution < -0.4 is 11.1 Å². The topological polar surface area (TPSA) is 64.4 Å². The predicted molar refractivity (Wildman–Crippen MR) is 80.2 cm³/mol. The van der Waals surface area contributed by atoms with Gasteiger partial charge in [0, 0.05) is 19.3 Å². The summed E-state index contributed by atoms with van der Waals surface area (Å²) >= 11 is 0. The van der Waals surface area contributed by atoms with E-state index < -0.39 is 0 Å². The van der Waals surface area contributed by atoms with Gasteiger partial charge in [-0.05, 0) is 56.3 Å². The number of amides is 1. The van der Waals surface area contributed by atoms with E-state index in [0.29, 0.717) is 6.04 Å². The van der Waals surface area contributed by atoms with E-state index in [4.69, 9.17) is 10.5 Å². The monoisotopic (exact) mass is 282 g/mol. The summed E-state index contributed by atoms with van der Waals surface area (Å²) in [5.41, 5.74) is 6.12. The zero-order valence-corrected chi connectivity index (χ0v) is 12.9. The Morgan fingerprint density at radius 2 is 1.65 bits per heavy atom. The minimum atomic E-state index is -0.360. The molecule has 4 heteroatoms. The lowest BCUT2D eigenvalue weighted by Crippen LogP contribution is -2.50. The van der Waals surface area contributed by atoms with Crippen LogP contribution in [-0.4, -0.2) is 31.2 Å². The molecule has 4 nitrogen and oxygen atoms in total. The second kappa shape index (κ2) is 7.41. The van der Waals surface area contributed by atoms with Crippen LogP contribution in [0.1, 0.15) is 52.4 Å². The molecule has 1 atom stereocenters. The van der Waals surface area contributed by atoms with Gasteiger partial charge >= 0.3 is 0 Å². The molecule has 1 aliphatic carbocycles. The summed E-state index contributed by atoms with van der Waals surface area (Å²) in [6, 6.07) is -0.0230. The highest BCUT2D eigenvalue weighted by atomic mass is 16.5. The van der Waals surface area contributed by atoms with Crippen LogP contribution in [0, 0.1) is 17.8 Å². The number of carbonyl (C=O) groups is 1. The van der Waals surface area contributed by atoms with E-state index in [0.717, 1.165) is 50.7 Å². The van der Waals surface area contributed by atoms with Gasteiger partial charge < -0.3 is 15.8 Å². The molecule has 3 N–H and O–H groups in total. The van der Waals surface area contributed by atoms with E-state index in [1.54, 1.807) is 0 Å². The molecule has 0 aromatic carbocycles. The molecule has 2 fully saturated rings. The van der Waals surface area contributed by atoms with Gasteiger partial charge in [0.25, 0.3) is 0 Å². The van der Waals surface area contributed by atoms with Crippen molar-refractivity contribution >= 4 is 5.91 Å². The van der Waals surface area contributed by atoms with Gasteiger partial charge in [0.15, 0.2) is 0 Å². The van der Waals surface area contributed by atoms with Gasteiger partial charge in [-0.15, -0.1) is 0 Å². The molecule has 1 amide bonds. The molecule has 0 spiro atoms. The highest BCUT2D eigenvalue weighted by Crippen LogP contribution is 2.30. The van der Waals surface area contributed by atoms with Gasteiger partial charge in [-0.2, -0.15) is 0 Å². The van der Waals surface area contributed by atoms with Crippen molar-refractivity contribution < 1.29 is 9.53 Å². The summed E-state index contributed by atoms with van der Waals surface area (Å²) < 4.78 is 5.33. The fourth-order valence-electron chi connectivity index (χ4n) is 3.52. The number of nitrogens with one attached hydrogen (secondary N) is 1. The second-order valence-electron chi connectivity index (χ2n) is 6.84. The lowest BCUT2D eigenvalue weighted by molar-refractivity contribution is -0.125. The molecular formula is C16H30N2O2. The molecule has 0 radical (unpaired) electrons. The molecule has 1 saturated heterocycles. The van der Waals surface area contributed by atoms with E-state index >= 15 is 0 Å². The largest absolute Gasteiger partial charge is 0.381 e. The van der Waals surface area contributed by atoms with E-state index in [1.165, 1.54) is 12.8 Å². The van der Waals surface area contributed by atoms with Crippen molar-refractivity contribution in [1.82, 2.24) is 5.32 Å². The van der Waals surface area contributed by atoms with Crippen molar-refractivity contribution in [1.29, 1.82) is 0 Å². The summed E-state index contributed by atoms with van der Waals surface area (Å²) in [4.78, 5) is 12.2. The number of rotatable bonds is 4. The van der Waals surface area contributed by atoms with Crippen molar-refractivity contribution in [3.63, 3.8) is 0 Å². The summed E-state index contributed by atoms with van der Waals surface area (Å²) in [5, 5.41) is 3.17. The molecule has 116 valence electrons. The number of ether oxygens (including phenoxy) is 1. The maximum absolute atomic E-state index is 12.2. The first-order chi connectivity index (χ1) is 9.58. The molecular weight excluding hydrogens is 252 g/mol. The van der Waals surface area contributed by atoms with Gasteiger partial charge in [0.2, 0.25) is 5.91 Å². The van der Waals surface area contributed by atoms with Gasteiger partial charge in [0.1, 0.15) is 0 Å². The van der Waals surface area contributed by atoms with Crippen molar-refractivity contribution in [2.45, 2.75) is 64.5 Å². The average Bonchev–Trinajstić information content (AvgIpc) is 2.48. The van der Waals surface area contributed by atoms with Crippen LogP contribution in [0.15, 0.2) is 0 Å². The third kappa shape index (κ3) is 4.19. The van der Waals surface area contributed by atoms with Crippen LogP contribution in [0.5, 0.6) is 0 Å². The Balaban J connectivity index is 1.74. The summed E-state index contributed by atoms with van der Waals surface area (Å²) in [6.07, 6.45) is 6.50. The summed E-state index contributed by atoms with van der Waals surface area (Å²) in [6.45, 7) is 6.07. The van der Waals surface area contributed by atoms with E-state index in [-0.39, 0.29) is 17.9 Å². The Bertz CT molecular complexity index is 306. The third-order valence-electron chi connectivity index (χ3n) is 5.14. The Hall–Kier alpha value is -0.610. The predicted octanol–water partition coefficient (Wildman–Crippen LogP) is 2.07. The van der Waals surface area contributed by atoms with Crippen molar-refractivity contribution in [3.05, 3.63) is 0 Å². The van der Waals surface area contributed by atoms with Crippen molar-refractivity contribution in [2.24, 2.45) is 23.5 Å². The zero-order chi connectivity index (χ0) is 14.5. The molecule has 0 bridgehead atoms. The zero-order valence-electron chi connectivity index (χ0n) is 12.9.